The zero-order valence-corrected chi connectivity index (χ0v) is 9.92. The number of hydrogen-bond acceptors (Lipinski definition) is 2. The molecule has 1 aliphatic heterocycles. The molecular formula is C11H18F3NO2. The van der Waals surface area contributed by atoms with Gasteiger partial charge in [0.25, 0.3) is 0 Å². The molecule has 1 atom stereocenters. The van der Waals surface area contributed by atoms with Crippen LogP contribution in [0.25, 0.3) is 0 Å². The molecule has 0 spiro atoms. The summed E-state index contributed by atoms with van der Waals surface area (Å²) in [5, 5.41) is 0. The van der Waals surface area contributed by atoms with E-state index >= 15 is 0 Å². The molecule has 1 amide bonds. The fourth-order valence-corrected chi connectivity index (χ4v) is 1.91. The summed E-state index contributed by atoms with van der Waals surface area (Å²) in [6.07, 6.45) is -1.75. The van der Waals surface area contributed by atoms with Gasteiger partial charge in [-0.05, 0) is 26.2 Å². The van der Waals surface area contributed by atoms with Crippen molar-refractivity contribution in [3.05, 3.63) is 0 Å². The Morgan fingerprint density at radius 1 is 1.47 bits per heavy atom. The van der Waals surface area contributed by atoms with Crippen molar-refractivity contribution in [1.29, 1.82) is 0 Å². The minimum atomic E-state index is -4.32. The average Bonchev–Trinajstić information content (AvgIpc) is 2.74. The largest absolute Gasteiger partial charge is 0.406 e. The molecule has 1 fully saturated rings. The lowest BCUT2D eigenvalue weighted by Gasteiger charge is -2.22. The van der Waals surface area contributed by atoms with Crippen LogP contribution >= 0.6 is 0 Å². The van der Waals surface area contributed by atoms with Crippen LogP contribution in [0.2, 0.25) is 0 Å². The maximum Gasteiger partial charge on any atom is 0.406 e. The molecule has 17 heavy (non-hydrogen) atoms. The van der Waals surface area contributed by atoms with Gasteiger partial charge in [-0.3, -0.25) is 4.79 Å². The summed E-state index contributed by atoms with van der Waals surface area (Å²) >= 11 is 0. The Hall–Kier alpha value is -0.780. The molecule has 3 nitrogen and oxygen atoms in total. The Labute approximate surface area is 98.9 Å². The van der Waals surface area contributed by atoms with Crippen LogP contribution < -0.4 is 0 Å². The van der Waals surface area contributed by atoms with Gasteiger partial charge in [-0.1, -0.05) is 0 Å². The topological polar surface area (TPSA) is 29.5 Å². The smallest absolute Gasteiger partial charge is 0.378 e. The predicted molar refractivity (Wildman–Crippen MR) is 56.5 cm³/mol. The molecular weight excluding hydrogens is 235 g/mol. The van der Waals surface area contributed by atoms with Crippen molar-refractivity contribution in [2.45, 2.75) is 44.9 Å². The minimum absolute atomic E-state index is 0.0449. The normalized spacial score (nSPS) is 20.6. The van der Waals surface area contributed by atoms with E-state index in [0.29, 0.717) is 13.0 Å². The van der Waals surface area contributed by atoms with Crippen LogP contribution in [0.5, 0.6) is 0 Å². The minimum Gasteiger partial charge on any atom is -0.378 e. The van der Waals surface area contributed by atoms with E-state index in [1.54, 1.807) is 6.92 Å². The summed E-state index contributed by atoms with van der Waals surface area (Å²) in [7, 11) is 0. The maximum atomic E-state index is 12.2. The molecule has 0 aromatic heterocycles. The predicted octanol–water partition coefficient (Wildman–Crippen LogP) is 2.36. The van der Waals surface area contributed by atoms with E-state index in [9.17, 15) is 18.0 Å². The van der Waals surface area contributed by atoms with E-state index in [-0.39, 0.29) is 19.1 Å². The third kappa shape index (κ3) is 5.39. The zero-order valence-electron chi connectivity index (χ0n) is 9.92. The molecule has 6 heteroatoms. The van der Waals surface area contributed by atoms with Crippen LogP contribution in [0, 0.1) is 0 Å². The highest BCUT2D eigenvalue weighted by Gasteiger charge is 2.32. The molecule has 1 saturated heterocycles. The van der Waals surface area contributed by atoms with Gasteiger partial charge in [-0.2, -0.15) is 13.2 Å². The third-order valence-corrected chi connectivity index (χ3v) is 2.81. The van der Waals surface area contributed by atoms with Crippen LogP contribution in [0.3, 0.4) is 0 Å². The van der Waals surface area contributed by atoms with Gasteiger partial charge in [0.1, 0.15) is 6.54 Å². The van der Waals surface area contributed by atoms with E-state index in [1.165, 1.54) is 0 Å². The molecule has 1 rings (SSSR count). The summed E-state index contributed by atoms with van der Waals surface area (Å²) in [6, 6.07) is 0. The van der Waals surface area contributed by atoms with Crippen LogP contribution in [0.1, 0.15) is 32.6 Å². The SMILES string of the molecule is CCN(CC(F)(F)F)C(=O)CCC1CCCO1. The van der Waals surface area contributed by atoms with Gasteiger partial charge >= 0.3 is 6.18 Å². The number of carbonyl (C=O) groups excluding carboxylic acids is 1. The highest BCUT2D eigenvalue weighted by Crippen LogP contribution is 2.19. The summed E-state index contributed by atoms with van der Waals surface area (Å²) in [5.74, 6) is -0.444. The number of rotatable bonds is 5. The molecule has 0 bridgehead atoms. The van der Waals surface area contributed by atoms with E-state index in [0.717, 1.165) is 17.7 Å². The second kappa shape index (κ2) is 6.23. The highest BCUT2D eigenvalue weighted by molar-refractivity contribution is 5.76. The van der Waals surface area contributed by atoms with E-state index in [4.69, 9.17) is 4.74 Å². The Morgan fingerprint density at radius 3 is 2.65 bits per heavy atom. The second-order valence-electron chi connectivity index (χ2n) is 4.20. The first kappa shape index (κ1) is 14.3. The molecule has 0 aromatic carbocycles. The lowest BCUT2D eigenvalue weighted by atomic mass is 10.1. The van der Waals surface area contributed by atoms with Gasteiger partial charge < -0.3 is 9.64 Å². The first-order valence-corrected chi connectivity index (χ1v) is 5.88. The summed E-state index contributed by atoms with van der Waals surface area (Å²) in [4.78, 5) is 12.4. The molecule has 1 unspecified atom stereocenters. The third-order valence-electron chi connectivity index (χ3n) is 2.81. The first-order valence-electron chi connectivity index (χ1n) is 5.88. The number of amides is 1. The highest BCUT2D eigenvalue weighted by atomic mass is 19.4. The molecule has 1 heterocycles. The Balaban J connectivity index is 2.32. The van der Waals surface area contributed by atoms with Crippen molar-refractivity contribution in [1.82, 2.24) is 4.90 Å². The lowest BCUT2D eigenvalue weighted by molar-refractivity contribution is -0.161. The van der Waals surface area contributed by atoms with Crippen LogP contribution in [0.15, 0.2) is 0 Å². The monoisotopic (exact) mass is 253 g/mol. The molecule has 0 saturated carbocycles. The quantitative estimate of drug-likeness (QED) is 0.752. The van der Waals surface area contributed by atoms with Crippen molar-refractivity contribution in [2.75, 3.05) is 19.7 Å². The fraction of sp³-hybridized carbons (Fsp3) is 0.909. The number of nitrogens with zero attached hydrogens (tertiary/aromatic N) is 1. The summed E-state index contributed by atoms with van der Waals surface area (Å²) < 4.78 is 41.9. The Morgan fingerprint density at radius 2 is 2.18 bits per heavy atom. The average molecular weight is 253 g/mol. The van der Waals surface area contributed by atoms with E-state index in [1.807, 2.05) is 0 Å². The zero-order chi connectivity index (χ0) is 12.9. The summed E-state index contributed by atoms with van der Waals surface area (Å²) in [6.45, 7) is 1.17. The van der Waals surface area contributed by atoms with Gasteiger partial charge in [-0.15, -0.1) is 0 Å². The summed E-state index contributed by atoms with van der Waals surface area (Å²) in [5.41, 5.74) is 0. The molecule has 100 valence electrons. The standard InChI is InChI=1S/C11H18F3NO2/c1-2-15(8-11(12,13)14)10(16)6-5-9-4-3-7-17-9/h9H,2-8H2,1H3. The van der Waals surface area contributed by atoms with Crippen LogP contribution in [0.4, 0.5) is 13.2 Å². The lowest BCUT2D eigenvalue weighted by Crippen LogP contribution is -2.39. The first-order chi connectivity index (χ1) is 7.92. The molecule has 0 N–H and O–H groups in total. The van der Waals surface area contributed by atoms with Gasteiger partial charge in [0.15, 0.2) is 0 Å². The van der Waals surface area contributed by atoms with Crippen molar-refractivity contribution in [2.24, 2.45) is 0 Å². The van der Waals surface area contributed by atoms with Crippen LogP contribution in [-0.4, -0.2) is 42.8 Å². The number of halogens is 3. The fourth-order valence-electron chi connectivity index (χ4n) is 1.91. The molecule has 0 radical (unpaired) electrons. The van der Waals surface area contributed by atoms with Gasteiger partial charge in [-0.25, -0.2) is 0 Å². The van der Waals surface area contributed by atoms with Crippen molar-refractivity contribution >= 4 is 5.91 Å². The number of carbonyl (C=O) groups is 1. The van der Waals surface area contributed by atoms with Crippen molar-refractivity contribution in [3.8, 4) is 0 Å². The number of ether oxygens (including phenoxy) is 1. The van der Waals surface area contributed by atoms with Gasteiger partial charge in [0, 0.05) is 19.6 Å². The number of hydrogen-bond donors (Lipinski definition) is 0. The maximum absolute atomic E-state index is 12.2. The Kier molecular flexibility index (Phi) is 5.24. The van der Waals surface area contributed by atoms with Crippen molar-refractivity contribution < 1.29 is 22.7 Å². The molecule has 0 aromatic rings. The van der Waals surface area contributed by atoms with Crippen LogP contribution in [-0.2, 0) is 9.53 Å². The van der Waals surface area contributed by atoms with E-state index in [2.05, 4.69) is 0 Å². The molecule has 1 aliphatic rings. The van der Waals surface area contributed by atoms with Gasteiger partial charge in [0.05, 0.1) is 6.10 Å². The number of alkyl halides is 3. The van der Waals surface area contributed by atoms with Crippen molar-refractivity contribution in [3.63, 3.8) is 0 Å². The molecule has 0 aliphatic carbocycles. The van der Waals surface area contributed by atoms with E-state index < -0.39 is 18.6 Å². The van der Waals surface area contributed by atoms with Gasteiger partial charge in [0.2, 0.25) is 5.91 Å². The second-order valence-corrected chi connectivity index (χ2v) is 4.20. The Bertz CT molecular complexity index is 250.